The first kappa shape index (κ1) is 8.13. The minimum Gasteiger partial charge on any atom is -0.126 e. The maximum absolute atomic E-state index is 5.87. The Balaban J connectivity index is 2.58. The van der Waals surface area contributed by atoms with Crippen LogP contribution >= 0.6 is 11.6 Å². The second-order valence-electron chi connectivity index (χ2n) is 3.97. The van der Waals surface area contributed by atoms with Gasteiger partial charge in [0.1, 0.15) is 0 Å². The van der Waals surface area contributed by atoms with E-state index in [4.69, 9.17) is 11.6 Å². The normalized spacial score (nSPS) is 35.5. The van der Waals surface area contributed by atoms with Gasteiger partial charge in [-0.15, -0.1) is 18.2 Å². The lowest BCUT2D eigenvalue weighted by Gasteiger charge is -2.14. The van der Waals surface area contributed by atoms with Crippen LogP contribution in [0.5, 0.6) is 0 Å². The molecule has 0 bridgehead atoms. The van der Waals surface area contributed by atoms with Crippen LogP contribution in [0.25, 0.3) is 0 Å². The zero-order chi connectivity index (χ0) is 7.83. The van der Waals surface area contributed by atoms with Crippen LogP contribution in [0.2, 0.25) is 0 Å². The van der Waals surface area contributed by atoms with Crippen LogP contribution in [0.3, 0.4) is 0 Å². The van der Waals surface area contributed by atoms with Gasteiger partial charge in [0.15, 0.2) is 0 Å². The van der Waals surface area contributed by atoms with Gasteiger partial charge in [0.2, 0.25) is 0 Å². The van der Waals surface area contributed by atoms with E-state index < -0.39 is 0 Å². The molecule has 1 heteroatoms. The molecule has 58 valence electrons. The van der Waals surface area contributed by atoms with Gasteiger partial charge in [0, 0.05) is 5.88 Å². The summed E-state index contributed by atoms with van der Waals surface area (Å²) in [5.74, 6) is 0.784. The fourth-order valence-electron chi connectivity index (χ4n) is 1.71. The highest BCUT2D eigenvalue weighted by Crippen LogP contribution is 2.66. The molecule has 0 heterocycles. The first-order chi connectivity index (χ1) is 4.58. The van der Waals surface area contributed by atoms with Gasteiger partial charge in [-0.25, -0.2) is 0 Å². The Morgan fingerprint density at radius 1 is 1.60 bits per heavy atom. The Bertz CT molecular complexity index is 149. The van der Waals surface area contributed by atoms with Gasteiger partial charge < -0.3 is 0 Å². The van der Waals surface area contributed by atoms with Crippen LogP contribution in [0.15, 0.2) is 12.7 Å². The lowest BCUT2D eigenvalue weighted by atomic mass is 9.94. The minimum absolute atomic E-state index is 0.385. The standard InChI is InChI=1S/C9H15Cl/c1-4-5-9(7-10)6-8(9,2)3/h4H,1,5-7H2,2-3H3. The summed E-state index contributed by atoms with van der Waals surface area (Å²) in [5.41, 5.74) is 0.846. The Morgan fingerprint density at radius 2 is 2.10 bits per heavy atom. The van der Waals surface area contributed by atoms with Crippen molar-refractivity contribution in [2.45, 2.75) is 26.7 Å². The minimum atomic E-state index is 0.385. The largest absolute Gasteiger partial charge is 0.126 e. The van der Waals surface area contributed by atoms with Gasteiger partial charge in [0.05, 0.1) is 0 Å². The first-order valence-corrected chi connectivity index (χ1v) is 4.28. The lowest BCUT2D eigenvalue weighted by Crippen LogP contribution is -2.09. The smallest absolute Gasteiger partial charge is 0.0288 e. The van der Waals surface area contributed by atoms with Crippen molar-refractivity contribution in [3.05, 3.63) is 12.7 Å². The molecular formula is C9H15Cl. The van der Waals surface area contributed by atoms with Crippen molar-refractivity contribution in [2.75, 3.05) is 5.88 Å². The van der Waals surface area contributed by atoms with Crippen LogP contribution in [0.4, 0.5) is 0 Å². The predicted octanol–water partition coefficient (Wildman–Crippen LogP) is 3.22. The van der Waals surface area contributed by atoms with Crippen molar-refractivity contribution < 1.29 is 0 Å². The van der Waals surface area contributed by atoms with Crippen molar-refractivity contribution >= 4 is 11.6 Å². The van der Waals surface area contributed by atoms with E-state index in [1.165, 1.54) is 6.42 Å². The van der Waals surface area contributed by atoms with Crippen molar-refractivity contribution in [3.63, 3.8) is 0 Å². The Kier molecular flexibility index (Phi) is 1.84. The predicted molar refractivity (Wildman–Crippen MR) is 46.4 cm³/mol. The molecule has 10 heavy (non-hydrogen) atoms. The molecule has 0 aromatic carbocycles. The van der Waals surface area contributed by atoms with Crippen LogP contribution in [-0.2, 0) is 0 Å². The SMILES string of the molecule is C=CCC1(CCl)CC1(C)C. The van der Waals surface area contributed by atoms with Gasteiger partial charge in [0.25, 0.3) is 0 Å². The third kappa shape index (κ3) is 0.989. The molecule has 1 fully saturated rings. The first-order valence-electron chi connectivity index (χ1n) is 3.75. The van der Waals surface area contributed by atoms with Crippen LogP contribution < -0.4 is 0 Å². The third-order valence-electron chi connectivity index (χ3n) is 2.88. The van der Waals surface area contributed by atoms with Crippen molar-refractivity contribution in [1.82, 2.24) is 0 Å². The molecule has 1 rings (SSSR count). The Labute approximate surface area is 68.3 Å². The molecule has 0 amide bonds. The molecule has 1 atom stereocenters. The highest BCUT2D eigenvalue weighted by Gasteiger charge is 2.59. The molecule has 1 saturated carbocycles. The highest BCUT2D eigenvalue weighted by molar-refractivity contribution is 6.18. The molecule has 1 aliphatic carbocycles. The van der Waals surface area contributed by atoms with E-state index >= 15 is 0 Å². The second-order valence-corrected chi connectivity index (χ2v) is 4.23. The van der Waals surface area contributed by atoms with E-state index in [2.05, 4.69) is 20.4 Å². The summed E-state index contributed by atoms with van der Waals surface area (Å²) >= 11 is 5.87. The van der Waals surface area contributed by atoms with Gasteiger partial charge in [-0.05, 0) is 23.7 Å². The number of hydrogen-bond acceptors (Lipinski definition) is 0. The van der Waals surface area contributed by atoms with Gasteiger partial charge in [-0.2, -0.15) is 0 Å². The molecule has 0 aromatic heterocycles. The summed E-state index contributed by atoms with van der Waals surface area (Å²) in [4.78, 5) is 0. The average Bonchev–Trinajstić information content (AvgIpc) is 2.37. The van der Waals surface area contributed by atoms with Crippen LogP contribution in [-0.4, -0.2) is 5.88 Å². The van der Waals surface area contributed by atoms with E-state index in [1.807, 2.05) is 6.08 Å². The Morgan fingerprint density at radius 3 is 2.20 bits per heavy atom. The van der Waals surface area contributed by atoms with E-state index in [1.54, 1.807) is 0 Å². The summed E-state index contributed by atoms with van der Waals surface area (Å²) in [7, 11) is 0. The maximum Gasteiger partial charge on any atom is 0.0288 e. The molecule has 0 nitrogen and oxygen atoms in total. The molecular weight excluding hydrogens is 144 g/mol. The monoisotopic (exact) mass is 158 g/mol. The quantitative estimate of drug-likeness (QED) is 0.437. The topological polar surface area (TPSA) is 0 Å². The third-order valence-corrected chi connectivity index (χ3v) is 3.39. The number of allylic oxidation sites excluding steroid dienone is 1. The molecule has 0 spiro atoms. The summed E-state index contributed by atoms with van der Waals surface area (Å²) in [6.45, 7) is 8.29. The summed E-state index contributed by atoms with van der Waals surface area (Å²) in [6, 6.07) is 0. The van der Waals surface area contributed by atoms with Crippen molar-refractivity contribution in [2.24, 2.45) is 10.8 Å². The summed E-state index contributed by atoms with van der Waals surface area (Å²) in [5, 5.41) is 0. The van der Waals surface area contributed by atoms with E-state index in [9.17, 15) is 0 Å². The highest BCUT2D eigenvalue weighted by atomic mass is 35.5. The molecule has 0 radical (unpaired) electrons. The lowest BCUT2D eigenvalue weighted by molar-refractivity contribution is 0.429. The molecule has 1 aliphatic rings. The van der Waals surface area contributed by atoms with E-state index in [-0.39, 0.29) is 0 Å². The number of rotatable bonds is 3. The number of halogens is 1. The van der Waals surface area contributed by atoms with Gasteiger partial charge in [-0.1, -0.05) is 19.9 Å². The van der Waals surface area contributed by atoms with E-state index in [0.29, 0.717) is 10.8 Å². The van der Waals surface area contributed by atoms with Crippen LogP contribution in [0, 0.1) is 10.8 Å². The Hall–Kier alpha value is 0.0300. The molecule has 1 unspecified atom stereocenters. The zero-order valence-electron chi connectivity index (χ0n) is 6.78. The molecule has 0 aliphatic heterocycles. The van der Waals surface area contributed by atoms with Crippen molar-refractivity contribution in [1.29, 1.82) is 0 Å². The van der Waals surface area contributed by atoms with Gasteiger partial charge >= 0.3 is 0 Å². The molecule has 0 N–H and O–H groups in total. The fourth-order valence-corrected chi connectivity index (χ4v) is 2.27. The maximum atomic E-state index is 5.87. The van der Waals surface area contributed by atoms with Gasteiger partial charge in [-0.3, -0.25) is 0 Å². The molecule has 0 saturated heterocycles. The average molecular weight is 159 g/mol. The molecule has 0 aromatic rings. The van der Waals surface area contributed by atoms with Crippen LogP contribution in [0.1, 0.15) is 26.7 Å². The fraction of sp³-hybridized carbons (Fsp3) is 0.778. The number of hydrogen-bond donors (Lipinski definition) is 0. The number of alkyl halides is 1. The summed E-state index contributed by atoms with van der Waals surface area (Å²) in [6.07, 6.45) is 4.32. The zero-order valence-corrected chi connectivity index (χ0v) is 7.54. The van der Waals surface area contributed by atoms with E-state index in [0.717, 1.165) is 12.3 Å². The summed E-state index contributed by atoms with van der Waals surface area (Å²) < 4.78 is 0. The van der Waals surface area contributed by atoms with Crippen molar-refractivity contribution in [3.8, 4) is 0 Å². The second kappa shape index (κ2) is 2.27.